The Morgan fingerprint density at radius 2 is 2.47 bits per heavy atom. The Morgan fingerprint density at radius 3 is 2.87 bits per heavy atom. The van der Waals surface area contributed by atoms with Gasteiger partial charge in [0.15, 0.2) is 0 Å². The summed E-state index contributed by atoms with van der Waals surface area (Å²) in [5.74, 6) is -0.276. The lowest BCUT2D eigenvalue weighted by Gasteiger charge is -2.23. The number of carbonyl (C=O) groups excluding carboxylic acids is 1. The van der Waals surface area contributed by atoms with Gasteiger partial charge >= 0.3 is 5.97 Å². The average Bonchev–Trinajstić information content (AvgIpc) is 2.55. The van der Waals surface area contributed by atoms with Crippen molar-refractivity contribution in [3.8, 4) is 0 Å². The minimum absolute atomic E-state index is 0.0942. The van der Waals surface area contributed by atoms with Crippen molar-refractivity contribution in [2.75, 3.05) is 12.3 Å². The van der Waals surface area contributed by atoms with Crippen LogP contribution in [0.1, 0.15) is 12.8 Å². The summed E-state index contributed by atoms with van der Waals surface area (Å²) in [7, 11) is 0. The molecular weight excluding hydrogens is 214 g/mol. The maximum atomic E-state index is 11.6. The predicted octanol–water partition coefficient (Wildman–Crippen LogP) is 0.794. The number of hydrogen-bond donors (Lipinski definition) is 2. The molecule has 0 aromatic rings. The Bertz CT molecular complexity index is 280. The maximum Gasteiger partial charge on any atom is 0.326 e. The summed E-state index contributed by atoms with van der Waals surface area (Å²) in [6, 6.07) is -0.764. The Morgan fingerprint density at radius 1 is 1.80 bits per heavy atom. The Kier molecular flexibility index (Phi) is 4.20. The van der Waals surface area contributed by atoms with E-state index in [0.29, 0.717) is 25.1 Å². The third-order valence-corrected chi connectivity index (χ3v) is 3.06. The molecule has 5 heteroatoms. The van der Waals surface area contributed by atoms with Crippen LogP contribution in [-0.4, -0.2) is 40.2 Å². The molecule has 0 radical (unpaired) electrons. The molecule has 84 valence electrons. The van der Waals surface area contributed by atoms with Gasteiger partial charge in [-0.05, 0) is 18.1 Å². The molecule has 0 aromatic carbocycles. The summed E-state index contributed by atoms with van der Waals surface area (Å²) in [5.41, 5.74) is 0. The lowest BCUT2D eigenvalue weighted by molar-refractivity contribution is -0.148. The smallest absolute Gasteiger partial charge is 0.326 e. The molecule has 0 aromatic heterocycles. The van der Waals surface area contributed by atoms with Crippen molar-refractivity contribution >= 4 is 24.5 Å². The monoisotopic (exact) mass is 229 g/mol. The molecule has 0 saturated carbocycles. The van der Waals surface area contributed by atoms with E-state index in [1.54, 1.807) is 0 Å². The lowest BCUT2D eigenvalue weighted by atomic mass is 10.1. The van der Waals surface area contributed by atoms with E-state index >= 15 is 0 Å². The zero-order chi connectivity index (χ0) is 11.4. The molecule has 1 rings (SSSR count). The van der Waals surface area contributed by atoms with Gasteiger partial charge in [0.1, 0.15) is 6.04 Å². The number of amides is 1. The molecule has 1 fully saturated rings. The SMILES string of the molecule is C=CC[C@@H](C(=O)O)N1CC(CS)CC1=O. The highest BCUT2D eigenvalue weighted by Crippen LogP contribution is 2.22. The Labute approximate surface area is 94.4 Å². The fraction of sp³-hybridized carbons (Fsp3) is 0.600. The summed E-state index contributed by atoms with van der Waals surface area (Å²) < 4.78 is 0. The number of carboxylic acid groups (broad SMARTS) is 1. The molecule has 1 saturated heterocycles. The maximum absolute atomic E-state index is 11.6. The first-order chi connectivity index (χ1) is 7.10. The molecule has 4 nitrogen and oxygen atoms in total. The fourth-order valence-electron chi connectivity index (χ4n) is 1.75. The van der Waals surface area contributed by atoms with Crippen molar-refractivity contribution in [3.63, 3.8) is 0 Å². The standard InChI is InChI=1S/C10H15NO3S/c1-2-3-8(10(13)14)11-5-7(6-15)4-9(11)12/h2,7-8,15H,1,3-6H2,(H,13,14)/t7?,8-/m0/s1. The molecule has 15 heavy (non-hydrogen) atoms. The van der Waals surface area contributed by atoms with E-state index in [9.17, 15) is 9.59 Å². The highest BCUT2D eigenvalue weighted by atomic mass is 32.1. The summed E-state index contributed by atoms with van der Waals surface area (Å²) in [5, 5.41) is 8.98. The topological polar surface area (TPSA) is 57.6 Å². The lowest BCUT2D eigenvalue weighted by Crippen LogP contribution is -2.42. The molecule has 1 N–H and O–H groups in total. The van der Waals surface area contributed by atoms with Crippen molar-refractivity contribution in [1.29, 1.82) is 0 Å². The van der Waals surface area contributed by atoms with Crippen LogP contribution in [0.2, 0.25) is 0 Å². The van der Waals surface area contributed by atoms with Gasteiger partial charge in [0, 0.05) is 13.0 Å². The van der Waals surface area contributed by atoms with E-state index in [-0.39, 0.29) is 11.8 Å². The van der Waals surface area contributed by atoms with Crippen molar-refractivity contribution < 1.29 is 14.7 Å². The first-order valence-corrected chi connectivity index (χ1v) is 5.47. The zero-order valence-electron chi connectivity index (χ0n) is 8.43. The van der Waals surface area contributed by atoms with Crippen LogP contribution in [0.25, 0.3) is 0 Å². The van der Waals surface area contributed by atoms with Gasteiger partial charge in [0.05, 0.1) is 0 Å². The van der Waals surface area contributed by atoms with Gasteiger partial charge in [-0.15, -0.1) is 6.58 Å². The van der Waals surface area contributed by atoms with Crippen LogP contribution in [0, 0.1) is 5.92 Å². The second kappa shape index (κ2) is 5.21. The Balaban J connectivity index is 2.72. The predicted molar refractivity (Wildman–Crippen MR) is 59.9 cm³/mol. The van der Waals surface area contributed by atoms with E-state index in [0.717, 1.165) is 0 Å². The van der Waals surface area contributed by atoms with Gasteiger partial charge in [-0.2, -0.15) is 12.6 Å². The number of hydrogen-bond acceptors (Lipinski definition) is 3. The number of carbonyl (C=O) groups is 2. The van der Waals surface area contributed by atoms with Gasteiger partial charge < -0.3 is 10.0 Å². The number of rotatable bonds is 5. The van der Waals surface area contributed by atoms with E-state index < -0.39 is 12.0 Å². The highest BCUT2D eigenvalue weighted by molar-refractivity contribution is 7.80. The molecular formula is C10H15NO3S. The molecule has 0 bridgehead atoms. The first-order valence-electron chi connectivity index (χ1n) is 4.84. The van der Waals surface area contributed by atoms with Gasteiger partial charge in [-0.1, -0.05) is 6.08 Å². The Hall–Kier alpha value is -0.970. The molecule has 1 aliphatic rings. The van der Waals surface area contributed by atoms with Crippen LogP contribution in [0.15, 0.2) is 12.7 Å². The van der Waals surface area contributed by atoms with Crippen LogP contribution < -0.4 is 0 Å². The van der Waals surface area contributed by atoms with Gasteiger partial charge in [0.2, 0.25) is 5.91 Å². The van der Waals surface area contributed by atoms with Crippen molar-refractivity contribution in [2.24, 2.45) is 5.92 Å². The van der Waals surface area contributed by atoms with E-state index in [4.69, 9.17) is 5.11 Å². The third-order valence-electron chi connectivity index (χ3n) is 2.55. The number of nitrogens with zero attached hydrogens (tertiary/aromatic N) is 1. The molecule has 1 unspecified atom stereocenters. The van der Waals surface area contributed by atoms with Crippen LogP contribution >= 0.6 is 12.6 Å². The summed E-state index contributed by atoms with van der Waals surface area (Å²) >= 11 is 4.12. The highest BCUT2D eigenvalue weighted by Gasteiger charge is 2.36. The van der Waals surface area contributed by atoms with Crippen molar-refractivity contribution in [1.82, 2.24) is 4.90 Å². The summed E-state index contributed by atoms with van der Waals surface area (Å²) in [4.78, 5) is 23.9. The van der Waals surface area contributed by atoms with Gasteiger partial charge in [-0.25, -0.2) is 4.79 Å². The van der Waals surface area contributed by atoms with Crippen molar-refractivity contribution in [3.05, 3.63) is 12.7 Å². The molecule has 1 heterocycles. The molecule has 1 amide bonds. The van der Waals surface area contributed by atoms with E-state index in [1.807, 2.05) is 0 Å². The van der Waals surface area contributed by atoms with Crippen LogP contribution in [0.5, 0.6) is 0 Å². The fourth-order valence-corrected chi connectivity index (χ4v) is 2.00. The largest absolute Gasteiger partial charge is 0.480 e. The molecule has 1 aliphatic heterocycles. The number of aliphatic carboxylic acids is 1. The quantitative estimate of drug-likeness (QED) is 0.541. The second-order valence-corrected chi connectivity index (χ2v) is 4.04. The number of thiol groups is 1. The van der Waals surface area contributed by atoms with Crippen molar-refractivity contribution in [2.45, 2.75) is 18.9 Å². The number of likely N-dealkylation sites (tertiary alicyclic amines) is 1. The third kappa shape index (κ3) is 2.75. The molecule has 2 atom stereocenters. The summed E-state index contributed by atoms with van der Waals surface area (Å²) in [6.07, 6.45) is 2.23. The summed E-state index contributed by atoms with van der Waals surface area (Å²) in [6.45, 7) is 4.00. The zero-order valence-corrected chi connectivity index (χ0v) is 9.32. The van der Waals surface area contributed by atoms with E-state index in [1.165, 1.54) is 11.0 Å². The molecule has 0 aliphatic carbocycles. The van der Waals surface area contributed by atoms with Crippen LogP contribution in [-0.2, 0) is 9.59 Å². The van der Waals surface area contributed by atoms with Gasteiger partial charge in [0.25, 0.3) is 0 Å². The second-order valence-electron chi connectivity index (χ2n) is 3.68. The number of carboxylic acids is 1. The first kappa shape index (κ1) is 12.1. The van der Waals surface area contributed by atoms with Crippen LogP contribution in [0.4, 0.5) is 0 Å². The molecule has 0 spiro atoms. The normalized spacial score (nSPS) is 22.9. The van der Waals surface area contributed by atoms with E-state index in [2.05, 4.69) is 19.2 Å². The average molecular weight is 229 g/mol. The van der Waals surface area contributed by atoms with Gasteiger partial charge in [-0.3, -0.25) is 4.79 Å². The minimum atomic E-state index is -0.969. The minimum Gasteiger partial charge on any atom is -0.480 e. The van der Waals surface area contributed by atoms with Crippen LogP contribution in [0.3, 0.4) is 0 Å².